The fourth-order valence-corrected chi connectivity index (χ4v) is 1.73. The number of likely N-dealkylation sites (N-methyl/N-ethyl adjacent to an activating group) is 1. The lowest BCUT2D eigenvalue weighted by Crippen LogP contribution is -2.46. The summed E-state index contributed by atoms with van der Waals surface area (Å²) in [6.07, 6.45) is 2.77. The number of nitrogens with one attached hydrogen (secondary N) is 1. The van der Waals surface area contributed by atoms with Crippen LogP contribution in [0.25, 0.3) is 0 Å². The summed E-state index contributed by atoms with van der Waals surface area (Å²) in [5.74, 6) is 0. The van der Waals surface area contributed by atoms with Crippen LogP contribution in [-0.2, 0) is 14.2 Å². The Hall–Kier alpha value is -0.200. The van der Waals surface area contributed by atoms with Crippen molar-refractivity contribution in [2.75, 3.05) is 53.8 Å². The third-order valence-electron chi connectivity index (χ3n) is 3.26. The van der Waals surface area contributed by atoms with Gasteiger partial charge in [0.15, 0.2) is 0 Å². The average Bonchev–Trinajstić information content (AvgIpc) is 2.42. The van der Waals surface area contributed by atoms with Crippen LogP contribution in [0.5, 0.6) is 0 Å². The molecule has 0 aliphatic heterocycles. The van der Waals surface area contributed by atoms with Crippen LogP contribution in [0.3, 0.4) is 0 Å². The molecule has 0 bridgehead atoms. The van der Waals surface area contributed by atoms with E-state index in [2.05, 4.69) is 12.2 Å². The van der Waals surface area contributed by atoms with Gasteiger partial charge in [-0.15, -0.1) is 0 Å². The van der Waals surface area contributed by atoms with Crippen molar-refractivity contribution in [3.63, 3.8) is 0 Å². The van der Waals surface area contributed by atoms with Crippen molar-refractivity contribution in [1.82, 2.24) is 5.32 Å². The van der Waals surface area contributed by atoms with Gasteiger partial charge in [-0.05, 0) is 26.3 Å². The molecule has 0 aromatic rings. The Morgan fingerprint density at radius 2 is 1.67 bits per heavy atom. The third-order valence-corrected chi connectivity index (χ3v) is 3.26. The highest BCUT2D eigenvalue weighted by molar-refractivity contribution is 4.84. The predicted molar refractivity (Wildman–Crippen MR) is 71.9 cm³/mol. The van der Waals surface area contributed by atoms with E-state index < -0.39 is 0 Å². The Bertz CT molecular complexity index is 166. The minimum Gasteiger partial charge on any atom is -0.394 e. The number of aliphatic hydroxyl groups is 1. The van der Waals surface area contributed by atoms with E-state index in [0.717, 1.165) is 19.3 Å². The molecule has 0 aliphatic rings. The fraction of sp³-hybridized carbons (Fsp3) is 1.00. The van der Waals surface area contributed by atoms with Gasteiger partial charge in [-0.1, -0.05) is 6.92 Å². The number of rotatable bonds is 13. The predicted octanol–water partition coefficient (Wildman–Crippen LogP) is 0.807. The second kappa shape index (κ2) is 11.9. The van der Waals surface area contributed by atoms with Gasteiger partial charge in [-0.2, -0.15) is 0 Å². The van der Waals surface area contributed by atoms with Crippen LogP contribution >= 0.6 is 0 Å². The fourth-order valence-electron chi connectivity index (χ4n) is 1.73. The standard InChI is InChI=1S/C13H29NO4/c1-4-13(12-15,14-2)6-5-7-17-10-11-18-9-8-16-3/h14-15H,4-12H2,1-3H3. The van der Waals surface area contributed by atoms with Gasteiger partial charge in [0.25, 0.3) is 0 Å². The van der Waals surface area contributed by atoms with E-state index in [1.54, 1.807) is 7.11 Å². The van der Waals surface area contributed by atoms with E-state index in [9.17, 15) is 5.11 Å². The smallest absolute Gasteiger partial charge is 0.0701 e. The molecule has 2 N–H and O–H groups in total. The molecule has 0 aromatic heterocycles. The maximum absolute atomic E-state index is 9.36. The molecular formula is C13H29NO4. The topological polar surface area (TPSA) is 60.0 Å². The highest BCUT2D eigenvalue weighted by Crippen LogP contribution is 2.16. The summed E-state index contributed by atoms with van der Waals surface area (Å²) in [5, 5.41) is 12.6. The van der Waals surface area contributed by atoms with Crippen molar-refractivity contribution in [1.29, 1.82) is 0 Å². The van der Waals surface area contributed by atoms with Crippen LogP contribution in [0, 0.1) is 0 Å². The molecule has 1 unspecified atom stereocenters. The van der Waals surface area contributed by atoms with Crippen molar-refractivity contribution < 1.29 is 19.3 Å². The Labute approximate surface area is 111 Å². The van der Waals surface area contributed by atoms with E-state index in [1.165, 1.54) is 0 Å². The van der Waals surface area contributed by atoms with Crippen molar-refractivity contribution in [3.8, 4) is 0 Å². The lowest BCUT2D eigenvalue weighted by atomic mass is 9.92. The van der Waals surface area contributed by atoms with E-state index in [0.29, 0.717) is 33.0 Å². The normalized spacial score (nSPS) is 14.7. The summed E-state index contributed by atoms with van der Waals surface area (Å²) in [5.41, 5.74) is -0.154. The van der Waals surface area contributed by atoms with Crippen LogP contribution in [0.2, 0.25) is 0 Å². The van der Waals surface area contributed by atoms with Gasteiger partial charge in [0.2, 0.25) is 0 Å². The monoisotopic (exact) mass is 263 g/mol. The van der Waals surface area contributed by atoms with Crippen LogP contribution in [0.1, 0.15) is 26.2 Å². The number of hydrogen-bond acceptors (Lipinski definition) is 5. The summed E-state index contributed by atoms with van der Waals surface area (Å²) in [6.45, 7) is 5.41. The summed E-state index contributed by atoms with van der Waals surface area (Å²) in [7, 11) is 3.55. The first-order valence-electron chi connectivity index (χ1n) is 6.69. The zero-order valence-electron chi connectivity index (χ0n) is 12.0. The Kier molecular flexibility index (Phi) is 11.7. The van der Waals surface area contributed by atoms with Gasteiger partial charge < -0.3 is 24.6 Å². The summed E-state index contributed by atoms with van der Waals surface area (Å²) >= 11 is 0. The Balaban J connectivity index is 3.38. The molecule has 0 aliphatic carbocycles. The van der Waals surface area contributed by atoms with Crippen LogP contribution in [0.4, 0.5) is 0 Å². The number of ether oxygens (including phenoxy) is 3. The zero-order chi connectivity index (χ0) is 13.7. The second-order valence-corrected chi connectivity index (χ2v) is 4.36. The molecule has 18 heavy (non-hydrogen) atoms. The van der Waals surface area contributed by atoms with Gasteiger partial charge in [0.1, 0.15) is 0 Å². The van der Waals surface area contributed by atoms with Crippen molar-refractivity contribution in [2.45, 2.75) is 31.7 Å². The van der Waals surface area contributed by atoms with Gasteiger partial charge in [0.05, 0.1) is 33.0 Å². The summed E-state index contributed by atoms with van der Waals surface area (Å²) in [6, 6.07) is 0. The maximum Gasteiger partial charge on any atom is 0.0701 e. The van der Waals surface area contributed by atoms with E-state index in [-0.39, 0.29) is 12.1 Å². The molecule has 1 atom stereocenters. The van der Waals surface area contributed by atoms with Crippen molar-refractivity contribution in [2.24, 2.45) is 0 Å². The van der Waals surface area contributed by atoms with Crippen LogP contribution in [0.15, 0.2) is 0 Å². The van der Waals surface area contributed by atoms with Crippen LogP contribution < -0.4 is 5.32 Å². The molecule has 0 heterocycles. The molecule has 0 fully saturated rings. The van der Waals surface area contributed by atoms with E-state index in [4.69, 9.17) is 14.2 Å². The molecular weight excluding hydrogens is 234 g/mol. The molecule has 0 saturated carbocycles. The minimum atomic E-state index is -0.154. The molecule has 0 rings (SSSR count). The molecule has 0 amide bonds. The number of aliphatic hydroxyl groups excluding tert-OH is 1. The van der Waals surface area contributed by atoms with Gasteiger partial charge in [-0.3, -0.25) is 0 Å². The van der Waals surface area contributed by atoms with Gasteiger partial charge >= 0.3 is 0 Å². The first-order valence-corrected chi connectivity index (χ1v) is 6.69. The molecule has 110 valence electrons. The molecule has 0 aromatic carbocycles. The molecule has 0 saturated heterocycles. The molecule has 0 spiro atoms. The van der Waals surface area contributed by atoms with Gasteiger partial charge in [0, 0.05) is 19.3 Å². The molecule has 5 nitrogen and oxygen atoms in total. The largest absolute Gasteiger partial charge is 0.394 e. The number of methoxy groups -OCH3 is 1. The first kappa shape index (κ1) is 17.8. The highest BCUT2D eigenvalue weighted by atomic mass is 16.5. The molecule has 0 radical (unpaired) electrons. The maximum atomic E-state index is 9.36. The quantitative estimate of drug-likeness (QED) is 0.482. The minimum absolute atomic E-state index is 0.154. The van der Waals surface area contributed by atoms with Crippen molar-refractivity contribution in [3.05, 3.63) is 0 Å². The molecule has 5 heteroatoms. The van der Waals surface area contributed by atoms with Gasteiger partial charge in [-0.25, -0.2) is 0 Å². The van der Waals surface area contributed by atoms with Crippen LogP contribution in [-0.4, -0.2) is 64.4 Å². The van der Waals surface area contributed by atoms with E-state index in [1.807, 2.05) is 7.05 Å². The summed E-state index contributed by atoms with van der Waals surface area (Å²) < 4.78 is 15.6. The SMILES string of the molecule is CCC(CO)(CCCOCCOCCOC)NC. The lowest BCUT2D eigenvalue weighted by Gasteiger charge is -2.30. The number of hydrogen-bond donors (Lipinski definition) is 2. The zero-order valence-corrected chi connectivity index (χ0v) is 12.0. The van der Waals surface area contributed by atoms with E-state index >= 15 is 0 Å². The Morgan fingerprint density at radius 3 is 2.17 bits per heavy atom. The second-order valence-electron chi connectivity index (χ2n) is 4.36. The summed E-state index contributed by atoms with van der Waals surface area (Å²) in [4.78, 5) is 0. The average molecular weight is 263 g/mol. The highest BCUT2D eigenvalue weighted by Gasteiger charge is 2.23. The van der Waals surface area contributed by atoms with Crippen molar-refractivity contribution >= 4 is 0 Å². The first-order chi connectivity index (χ1) is 8.74. The Morgan fingerprint density at radius 1 is 1.06 bits per heavy atom. The third kappa shape index (κ3) is 8.00. The lowest BCUT2D eigenvalue weighted by molar-refractivity contribution is 0.0218.